The third-order valence-electron chi connectivity index (χ3n) is 4.04. The average Bonchev–Trinajstić information content (AvgIpc) is 2.90. The lowest BCUT2D eigenvalue weighted by atomic mass is 10.1. The number of hydrogen-bond acceptors (Lipinski definition) is 4. The number of rotatable bonds is 6. The number of anilines is 1. The highest BCUT2D eigenvalue weighted by Gasteiger charge is 2.19. The number of nitrogens with one attached hydrogen (secondary N) is 1. The van der Waals surface area contributed by atoms with Crippen molar-refractivity contribution < 1.29 is 8.78 Å². The summed E-state index contributed by atoms with van der Waals surface area (Å²) in [6, 6.07) is 7.38. The van der Waals surface area contributed by atoms with Gasteiger partial charge in [-0.25, -0.2) is 13.3 Å². The monoisotopic (exact) mass is 443 g/mol. The molecule has 0 aliphatic heterocycles. The highest BCUT2D eigenvalue weighted by atomic mass is 79.9. The molecule has 3 N–H and O–H groups in total. The predicted molar refractivity (Wildman–Crippen MR) is 102 cm³/mol. The van der Waals surface area contributed by atoms with Crippen molar-refractivity contribution in [3.63, 3.8) is 0 Å². The quantitative estimate of drug-likeness (QED) is 0.600. The minimum Gasteiger partial charge on any atom is -0.364 e. The molecule has 1 aromatic carbocycles. The first kappa shape index (κ1) is 19.0. The third-order valence-corrected chi connectivity index (χ3v) is 5.04. The number of hydrogen-bond donors (Lipinski definition) is 2. The van der Waals surface area contributed by atoms with E-state index in [1.807, 2.05) is 6.07 Å². The fraction of sp³-hybridized carbons (Fsp3) is 0.294. The van der Waals surface area contributed by atoms with Gasteiger partial charge in [0.25, 0.3) is 0 Å². The molecule has 5 nitrogen and oxygen atoms in total. The van der Waals surface area contributed by atoms with Crippen LogP contribution in [-0.4, -0.2) is 26.8 Å². The molecule has 0 saturated carbocycles. The Morgan fingerprint density at radius 1 is 1.35 bits per heavy atom. The van der Waals surface area contributed by atoms with Crippen molar-refractivity contribution in [3.8, 4) is 0 Å². The molecule has 3 rings (SSSR count). The molecule has 138 valence electrons. The summed E-state index contributed by atoms with van der Waals surface area (Å²) in [5.41, 5.74) is 8.21. The molecule has 26 heavy (non-hydrogen) atoms. The van der Waals surface area contributed by atoms with Crippen LogP contribution in [0.4, 0.5) is 14.6 Å². The summed E-state index contributed by atoms with van der Waals surface area (Å²) in [6.45, 7) is 1.86. The Labute approximate surface area is 162 Å². The van der Waals surface area contributed by atoms with Gasteiger partial charge in [0, 0.05) is 12.6 Å². The Kier molecular flexibility index (Phi) is 5.74. The fourth-order valence-corrected chi connectivity index (χ4v) is 3.23. The van der Waals surface area contributed by atoms with E-state index in [-0.39, 0.29) is 11.1 Å². The van der Waals surface area contributed by atoms with Crippen LogP contribution in [0.5, 0.6) is 0 Å². The minimum atomic E-state index is -1.13. The highest BCUT2D eigenvalue weighted by Crippen LogP contribution is 2.28. The fourth-order valence-electron chi connectivity index (χ4n) is 2.53. The SMILES string of the molecule is C[C@H](F)[C@H](N)Cc1cc2c(NCc3ccc(F)cc3)nc(Cl)nn2c1Br. The largest absolute Gasteiger partial charge is 0.364 e. The average molecular weight is 445 g/mol. The lowest BCUT2D eigenvalue weighted by Crippen LogP contribution is -2.31. The van der Waals surface area contributed by atoms with Crippen LogP contribution in [0.2, 0.25) is 5.28 Å². The highest BCUT2D eigenvalue weighted by molar-refractivity contribution is 9.10. The van der Waals surface area contributed by atoms with Crippen molar-refractivity contribution in [2.24, 2.45) is 5.73 Å². The number of nitrogens with zero attached hydrogens (tertiary/aromatic N) is 3. The standard InChI is InChI=1S/C17H17BrClF2N5/c1-9(20)13(22)6-11-7-14-16(24-17(19)25-26(14)15(11)18)23-8-10-2-4-12(21)5-3-10/h2-5,7,9,13H,6,8,22H2,1H3,(H,23,24,25)/t9-,13+/m0/s1. The summed E-state index contributed by atoms with van der Waals surface area (Å²) in [7, 11) is 0. The van der Waals surface area contributed by atoms with Crippen LogP contribution in [0, 0.1) is 5.82 Å². The van der Waals surface area contributed by atoms with E-state index >= 15 is 0 Å². The summed E-state index contributed by atoms with van der Waals surface area (Å²) in [4.78, 5) is 4.22. The second-order valence-corrected chi connectivity index (χ2v) is 7.10. The van der Waals surface area contributed by atoms with E-state index in [4.69, 9.17) is 17.3 Å². The van der Waals surface area contributed by atoms with Gasteiger partial charge in [0.2, 0.25) is 5.28 Å². The Hall–Kier alpha value is -1.77. The second kappa shape index (κ2) is 7.85. The van der Waals surface area contributed by atoms with Gasteiger partial charge in [-0.3, -0.25) is 0 Å². The summed E-state index contributed by atoms with van der Waals surface area (Å²) in [5, 5.41) is 7.41. The lowest BCUT2D eigenvalue weighted by Gasteiger charge is -2.11. The molecular weight excluding hydrogens is 428 g/mol. The molecule has 0 unspecified atom stereocenters. The topological polar surface area (TPSA) is 68.2 Å². The van der Waals surface area contributed by atoms with Crippen LogP contribution in [0.3, 0.4) is 0 Å². The number of halogens is 4. The molecule has 0 aliphatic carbocycles. The van der Waals surface area contributed by atoms with Crippen molar-refractivity contribution in [1.82, 2.24) is 14.6 Å². The summed E-state index contributed by atoms with van der Waals surface area (Å²) in [6.07, 6.45) is -0.785. The van der Waals surface area contributed by atoms with E-state index in [2.05, 4.69) is 31.3 Å². The summed E-state index contributed by atoms with van der Waals surface area (Å²) in [5.74, 6) is 0.225. The second-order valence-electron chi connectivity index (χ2n) is 6.01. The van der Waals surface area contributed by atoms with E-state index in [1.54, 1.807) is 16.6 Å². The predicted octanol–water partition coefficient (Wildman–Crippen LogP) is 4.12. The van der Waals surface area contributed by atoms with Crippen molar-refractivity contribution >= 4 is 38.9 Å². The van der Waals surface area contributed by atoms with Gasteiger partial charge in [-0.2, -0.15) is 4.98 Å². The maximum absolute atomic E-state index is 13.4. The van der Waals surface area contributed by atoms with Crippen LogP contribution < -0.4 is 11.1 Å². The first-order chi connectivity index (χ1) is 12.3. The molecule has 9 heteroatoms. The zero-order chi connectivity index (χ0) is 18.8. The van der Waals surface area contributed by atoms with Gasteiger partial charge in [0.1, 0.15) is 22.1 Å². The summed E-state index contributed by atoms with van der Waals surface area (Å²) < 4.78 is 28.7. The zero-order valence-corrected chi connectivity index (χ0v) is 16.2. The molecule has 0 saturated heterocycles. The molecule has 0 aliphatic rings. The van der Waals surface area contributed by atoms with E-state index in [9.17, 15) is 8.78 Å². The van der Waals surface area contributed by atoms with Crippen molar-refractivity contribution in [2.45, 2.75) is 32.1 Å². The van der Waals surface area contributed by atoms with Crippen LogP contribution in [-0.2, 0) is 13.0 Å². The molecule has 2 atom stereocenters. The summed E-state index contributed by atoms with van der Waals surface area (Å²) >= 11 is 9.49. The van der Waals surface area contributed by atoms with Crippen molar-refractivity contribution in [1.29, 1.82) is 0 Å². The van der Waals surface area contributed by atoms with E-state index in [0.717, 1.165) is 11.1 Å². The Morgan fingerprint density at radius 3 is 2.69 bits per heavy atom. The number of alkyl halides is 1. The van der Waals surface area contributed by atoms with E-state index in [1.165, 1.54) is 19.1 Å². The van der Waals surface area contributed by atoms with Gasteiger partial charge < -0.3 is 11.1 Å². The maximum atomic E-state index is 13.4. The van der Waals surface area contributed by atoms with Crippen molar-refractivity contribution in [3.05, 3.63) is 57.2 Å². The van der Waals surface area contributed by atoms with Crippen LogP contribution in [0.25, 0.3) is 5.52 Å². The number of aromatic nitrogens is 3. The first-order valence-electron chi connectivity index (χ1n) is 7.96. The normalized spacial score (nSPS) is 13.8. The molecule has 0 bridgehead atoms. The lowest BCUT2D eigenvalue weighted by molar-refractivity contribution is 0.304. The molecule has 0 fully saturated rings. The smallest absolute Gasteiger partial charge is 0.243 e. The Balaban J connectivity index is 1.90. The van der Waals surface area contributed by atoms with Crippen LogP contribution >= 0.6 is 27.5 Å². The molecule has 0 amide bonds. The Morgan fingerprint density at radius 2 is 2.04 bits per heavy atom. The third kappa shape index (κ3) is 4.13. The molecule has 3 aromatic rings. The number of benzene rings is 1. The van der Waals surface area contributed by atoms with E-state index < -0.39 is 12.2 Å². The minimum absolute atomic E-state index is 0.0603. The Bertz CT molecular complexity index is 914. The van der Waals surface area contributed by atoms with Crippen LogP contribution in [0.15, 0.2) is 34.9 Å². The van der Waals surface area contributed by atoms with Gasteiger partial charge in [0.05, 0.1) is 0 Å². The van der Waals surface area contributed by atoms with Gasteiger partial charge in [-0.05, 0) is 70.2 Å². The van der Waals surface area contributed by atoms with Crippen LogP contribution in [0.1, 0.15) is 18.1 Å². The van der Waals surface area contributed by atoms with Gasteiger partial charge in [-0.1, -0.05) is 12.1 Å². The van der Waals surface area contributed by atoms with Gasteiger partial charge >= 0.3 is 0 Å². The molecule has 0 spiro atoms. The molecule has 2 aromatic heterocycles. The van der Waals surface area contributed by atoms with Crippen molar-refractivity contribution in [2.75, 3.05) is 5.32 Å². The molecular formula is C17H17BrClF2N5. The zero-order valence-electron chi connectivity index (χ0n) is 13.9. The van der Waals surface area contributed by atoms with Gasteiger partial charge in [-0.15, -0.1) is 5.10 Å². The first-order valence-corrected chi connectivity index (χ1v) is 9.14. The molecule has 2 heterocycles. The number of fused-ring (bicyclic) bond motifs is 1. The maximum Gasteiger partial charge on any atom is 0.243 e. The van der Waals surface area contributed by atoms with Gasteiger partial charge in [0.15, 0.2) is 5.82 Å². The molecule has 0 radical (unpaired) electrons. The van der Waals surface area contributed by atoms with E-state index in [0.29, 0.717) is 28.9 Å². The number of nitrogens with two attached hydrogens (primary N) is 1.